The molecule has 3 aromatic rings. The molecule has 4 heterocycles. The van der Waals surface area contributed by atoms with Crippen LogP contribution in [0.15, 0.2) is 18.2 Å². The third kappa shape index (κ3) is 4.15. The van der Waals surface area contributed by atoms with Gasteiger partial charge in [-0.15, -0.1) is 10.2 Å². The maximum Gasteiger partial charge on any atom is 0.298 e. The zero-order valence-corrected chi connectivity index (χ0v) is 18.4. The summed E-state index contributed by atoms with van der Waals surface area (Å²) >= 11 is 1.50. The quantitative estimate of drug-likeness (QED) is 0.555. The number of amides is 1. The minimum atomic E-state index is -0.141. The monoisotopic (exact) mass is 442 g/mol. The number of nitrogens with zero attached hydrogens (tertiary/aromatic N) is 6. The number of fused-ring (bicyclic) bond motifs is 2. The number of hydrogen-bond donors (Lipinski definition) is 0. The van der Waals surface area contributed by atoms with Crippen LogP contribution in [-0.2, 0) is 17.7 Å². The van der Waals surface area contributed by atoms with Gasteiger partial charge in [-0.2, -0.15) is 0 Å². The van der Waals surface area contributed by atoms with Crippen molar-refractivity contribution >= 4 is 32.6 Å². The molecule has 1 amide bonds. The summed E-state index contributed by atoms with van der Waals surface area (Å²) in [6.07, 6.45) is 1.87. The highest BCUT2D eigenvalue weighted by Crippen LogP contribution is 2.32. The molecule has 164 valence electrons. The van der Waals surface area contributed by atoms with Gasteiger partial charge < -0.3 is 14.0 Å². The fourth-order valence-corrected chi connectivity index (χ4v) is 5.06. The van der Waals surface area contributed by atoms with Crippen molar-refractivity contribution in [3.8, 4) is 5.75 Å². The first-order valence-electron chi connectivity index (χ1n) is 10.8. The van der Waals surface area contributed by atoms with E-state index in [1.54, 1.807) is 4.90 Å². The molecular formula is C21H26N6O3S. The number of morpholine rings is 1. The molecule has 2 aliphatic rings. The molecule has 0 atom stereocenters. The normalized spacial score (nSPS) is 16.5. The van der Waals surface area contributed by atoms with Crippen molar-refractivity contribution < 1.29 is 14.3 Å². The topological polar surface area (TPSA) is 85.6 Å². The highest BCUT2D eigenvalue weighted by Gasteiger charge is 2.29. The Bertz CT molecular complexity index is 1070. The maximum absolute atomic E-state index is 13.6. The van der Waals surface area contributed by atoms with Crippen LogP contribution in [0.4, 0.5) is 5.13 Å². The summed E-state index contributed by atoms with van der Waals surface area (Å²) in [6.45, 7) is 7.87. The van der Waals surface area contributed by atoms with Gasteiger partial charge in [-0.25, -0.2) is 4.98 Å². The van der Waals surface area contributed by atoms with Crippen molar-refractivity contribution in [1.82, 2.24) is 24.6 Å². The van der Waals surface area contributed by atoms with Crippen molar-refractivity contribution in [3.05, 3.63) is 29.8 Å². The predicted octanol–water partition coefficient (Wildman–Crippen LogP) is 2.21. The van der Waals surface area contributed by atoms with Gasteiger partial charge >= 0.3 is 0 Å². The molecule has 0 saturated carbocycles. The lowest BCUT2D eigenvalue weighted by Crippen LogP contribution is -2.43. The standard InChI is InChI=1S/C21H26N6O3S/c1-2-30-15-5-6-16-17(14-15)31-21(22-16)27(9-8-25-10-12-29-13-11-25)20(28)19-24-23-18-4-3-7-26(18)19/h5-6,14H,2-4,7-13H2,1H3. The summed E-state index contributed by atoms with van der Waals surface area (Å²) < 4.78 is 14.0. The van der Waals surface area contributed by atoms with Gasteiger partial charge in [0, 0.05) is 39.1 Å². The molecule has 0 unspecified atom stereocenters. The van der Waals surface area contributed by atoms with E-state index in [1.807, 2.05) is 29.7 Å². The van der Waals surface area contributed by atoms with Crippen molar-refractivity contribution in [3.63, 3.8) is 0 Å². The van der Waals surface area contributed by atoms with Gasteiger partial charge in [0.05, 0.1) is 30.0 Å². The minimum Gasteiger partial charge on any atom is -0.494 e. The molecule has 1 aromatic carbocycles. The Morgan fingerprint density at radius 1 is 1.26 bits per heavy atom. The van der Waals surface area contributed by atoms with Crippen molar-refractivity contribution in [2.24, 2.45) is 0 Å². The van der Waals surface area contributed by atoms with Crippen molar-refractivity contribution in [1.29, 1.82) is 0 Å². The lowest BCUT2D eigenvalue weighted by molar-refractivity contribution is 0.0390. The SMILES string of the molecule is CCOc1ccc2nc(N(CCN3CCOCC3)C(=O)c3nnc4n3CCC4)sc2c1. The zero-order chi connectivity index (χ0) is 21.2. The Kier molecular flexibility index (Phi) is 5.84. The van der Waals surface area contributed by atoms with Gasteiger partial charge in [0.15, 0.2) is 5.13 Å². The van der Waals surface area contributed by atoms with E-state index in [0.29, 0.717) is 24.1 Å². The molecule has 0 bridgehead atoms. The summed E-state index contributed by atoms with van der Waals surface area (Å²) in [5.41, 5.74) is 0.860. The lowest BCUT2D eigenvalue weighted by Gasteiger charge is -2.29. The van der Waals surface area contributed by atoms with Crippen molar-refractivity contribution in [2.75, 3.05) is 50.9 Å². The van der Waals surface area contributed by atoms with E-state index in [1.165, 1.54) is 11.3 Å². The Morgan fingerprint density at radius 3 is 2.97 bits per heavy atom. The van der Waals surface area contributed by atoms with E-state index in [-0.39, 0.29) is 5.91 Å². The van der Waals surface area contributed by atoms with Gasteiger partial charge in [-0.3, -0.25) is 14.6 Å². The Labute approximate surface area is 184 Å². The van der Waals surface area contributed by atoms with Crippen LogP contribution in [0.5, 0.6) is 5.75 Å². The van der Waals surface area contributed by atoms with Crippen LogP contribution < -0.4 is 9.64 Å². The van der Waals surface area contributed by atoms with E-state index in [9.17, 15) is 4.79 Å². The minimum absolute atomic E-state index is 0.141. The first kappa shape index (κ1) is 20.3. The summed E-state index contributed by atoms with van der Waals surface area (Å²) in [5.74, 6) is 1.97. The Balaban J connectivity index is 1.45. The molecule has 0 spiro atoms. The third-order valence-electron chi connectivity index (χ3n) is 5.68. The average Bonchev–Trinajstić information content (AvgIpc) is 3.50. The second kappa shape index (κ2) is 8.89. The van der Waals surface area contributed by atoms with Gasteiger partial charge in [0.1, 0.15) is 11.6 Å². The van der Waals surface area contributed by atoms with Crippen LogP contribution in [0, 0.1) is 0 Å². The Hall–Kier alpha value is -2.56. The van der Waals surface area contributed by atoms with E-state index in [4.69, 9.17) is 14.5 Å². The first-order valence-corrected chi connectivity index (χ1v) is 11.6. The zero-order valence-electron chi connectivity index (χ0n) is 17.6. The third-order valence-corrected chi connectivity index (χ3v) is 6.72. The number of carbonyl (C=O) groups excluding carboxylic acids is 1. The van der Waals surface area contributed by atoms with E-state index < -0.39 is 0 Å². The largest absolute Gasteiger partial charge is 0.494 e. The van der Waals surface area contributed by atoms with Crippen LogP contribution in [0.2, 0.25) is 0 Å². The summed E-state index contributed by atoms with van der Waals surface area (Å²) in [4.78, 5) is 22.4. The van der Waals surface area contributed by atoms with E-state index in [2.05, 4.69) is 15.1 Å². The first-order chi connectivity index (χ1) is 15.2. The number of aromatic nitrogens is 4. The van der Waals surface area contributed by atoms with Crippen LogP contribution >= 0.6 is 11.3 Å². The fraction of sp³-hybridized carbons (Fsp3) is 0.524. The highest BCUT2D eigenvalue weighted by atomic mass is 32.1. The molecule has 2 aliphatic heterocycles. The summed E-state index contributed by atoms with van der Waals surface area (Å²) in [7, 11) is 0. The molecule has 1 saturated heterocycles. The van der Waals surface area contributed by atoms with Gasteiger partial charge in [0.25, 0.3) is 5.91 Å². The molecule has 9 nitrogen and oxygen atoms in total. The number of thiazole rings is 1. The Morgan fingerprint density at radius 2 is 2.13 bits per heavy atom. The van der Waals surface area contributed by atoms with Gasteiger partial charge in [-0.1, -0.05) is 11.3 Å². The molecule has 5 rings (SSSR count). The van der Waals surface area contributed by atoms with Gasteiger partial charge in [-0.05, 0) is 31.5 Å². The maximum atomic E-state index is 13.6. The molecule has 0 radical (unpaired) electrons. The van der Waals surface area contributed by atoms with Crippen LogP contribution in [-0.4, -0.2) is 76.6 Å². The molecule has 1 fully saturated rings. The molecule has 2 aromatic heterocycles. The second-order valence-electron chi connectivity index (χ2n) is 7.66. The van der Waals surface area contributed by atoms with Crippen LogP contribution in [0.25, 0.3) is 10.2 Å². The predicted molar refractivity (Wildman–Crippen MR) is 118 cm³/mol. The second-order valence-corrected chi connectivity index (χ2v) is 8.67. The smallest absolute Gasteiger partial charge is 0.298 e. The molecule has 0 N–H and O–H groups in total. The number of rotatable bonds is 7. The average molecular weight is 443 g/mol. The highest BCUT2D eigenvalue weighted by molar-refractivity contribution is 7.22. The van der Waals surface area contributed by atoms with E-state index >= 15 is 0 Å². The summed E-state index contributed by atoms with van der Waals surface area (Å²) in [5, 5.41) is 9.12. The fourth-order valence-electron chi connectivity index (χ4n) is 4.04. The van der Waals surface area contributed by atoms with Crippen LogP contribution in [0.1, 0.15) is 29.8 Å². The summed E-state index contributed by atoms with van der Waals surface area (Å²) in [6, 6.07) is 5.85. The lowest BCUT2D eigenvalue weighted by atomic mass is 10.3. The van der Waals surface area contributed by atoms with E-state index in [0.717, 1.165) is 74.0 Å². The van der Waals surface area contributed by atoms with Crippen molar-refractivity contribution in [2.45, 2.75) is 26.3 Å². The molecule has 31 heavy (non-hydrogen) atoms. The van der Waals surface area contributed by atoms with Gasteiger partial charge in [0.2, 0.25) is 5.82 Å². The number of anilines is 1. The number of carbonyl (C=O) groups is 1. The number of ether oxygens (including phenoxy) is 2. The number of aryl methyl sites for hydroxylation is 1. The molecule has 0 aliphatic carbocycles. The molecule has 10 heteroatoms. The molecular weight excluding hydrogens is 416 g/mol. The number of benzene rings is 1. The number of hydrogen-bond acceptors (Lipinski definition) is 8. The van der Waals surface area contributed by atoms with Crippen LogP contribution in [0.3, 0.4) is 0 Å².